The summed E-state index contributed by atoms with van der Waals surface area (Å²) in [5, 5.41) is 6.17. The molecule has 2 aromatic rings. The van der Waals surface area contributed by atoms with E-state index in [1.54, 1.807) is 0 Å². The van der Waals surface area contributed by atoms with E-state index in [1.165, 1.54) is 48.4 Å². The summed E-state index contributed by atoms with van der Waals surface area (Å²) in [6.07, 6.45) is 10.7. The molecule has 1 heterocycles. The minimum Gasteiger partial charge on any atom is -0.316 e. The molecule has 2 unspecified atom stereocenters. The number of nitrogens with one attached hydrogen (secondary N) is 1. The van der Waals surface area contributed by atoms with Gasteiger partial charge in [-0.25, -0.2) is 0 Å². The Labute approximate surface area is 115 Å². The van der Waals surface area contributed by atoms with Crippen molar-refractivity contribution in [2.75, 3.05) is 7.05 Å². The molecule has 0 spiro atoms. The van der Waals surface area contributed by atoms with Gasteiger partial charge in [0.15, 0.2) is 0 Å². The van der Waals surface area contributed by atoms with Gasteiger partial charge in [-0.3, -0.25) is 4.98 Å². The van der Waals surface area contributed by atoms with Crippen molar-refractivity contribution in [3.8, 4) is 0 Å². The van der Waals surface area contributed by atoms with Crippen LogP contribution in [0.1, 0.15) is 43.6 Å². The number of hydrogen-bond acceptors (Lipinski definition) is 2. The molecule has 1 aliphatic carbocycles. The van der Waals surface area contributed by atoms with Gasteiger partial charge in [-0.2, -0.15) is 0 Å². The second kappa shape index (κ2) is 5.70. The maximum Gasteiger partial charge on any atom is 0.0346 e. The first-order valence-corrected chi connectivity index (χ1v) is 7.40. The number of likely N-dealkylation sites (N-methyl/N-ethyl adjacent to an activating group) is 1. The third kappa shape index (κ3) is 2.50. The summed E-state index contributed by atoms with van der Waals surface area (Å²) < 4.78 is 0. The first-order valence-electron chi connectivity index (χ1n) is 7.40. The number of benzene rings is 1. The van der Waals surface area contributed by atoms with E-state index in [0.29, 0.717) is 12.0 Å². The summed E-state index contributed by atoms with van der Waals surface area (Å²) in [5.41, 5.74) is 1.43. The monoisotopic (exact) mass is 254 g/mol. The lowest BCUT2D eigenvalue weighted by Gasteiger charge is -2.26. The molecule has 1 aromatic heterocycles. The summed E-state index contributed by atoms with van der Waals surface area (Å²) in [4.78, 5) is 4.46. The normalized spacial score (nSPS) is 24.3. The first kappa shape index (κ1) is 12.6. The summed E-state index contributed by atoms with van der Waals surface area (Å²) in [7, 11) is 2.10. The van der Waals surface area contributed by atoms with Crippen LogP contribution in [0.15, 0.2) is 36.7 Å². The zero-order valence-electron chi connectivity index (χ0n) is 11.6. The van der Waals surface area contributed by atoms with Crippen molar-refractivity contribution >= 4 is 10.8 Å². The molecule has 1 aliphatic rings. The largest absolute Gasteiger partial charge is 0.316 e. The summed E-state index contributed by atoms with van der Waals surface area (Å²) in [5.74, 6) is 0.603. The van der Waals surface area contributed by atoms with Crippen LogP contribution in [0.5, 0.6) is 0 Å². The van der Waals surface area contributed by atoms with E-state index in [9.17, 15) is 0 Å². The number of pyridine rings is 1. The Morgan fingerprint density at radius 2 is 1.89 bits per heavy atom. The van der Waals surface area contributed by atoms with Crippen molar-refractivity contribution < 1.29 is 0 Å². The van der Waals surface area contributed by atoms with Crippen molar-refractivity contribution in [1.82, 2.24) is 10.3 Å². The van der Waals surface area contributed by atoms with Gasteiger partial charge >= 0.3 is 0 Å². The molecule has 0 bridgehead atoms. The van der Waals surface area contributed by atoms with Gasteiger partial charge in [0.1, 0.15) is 0 Å². The van der Waals surface area contributed by atoms with Gasteiger partial charge < -0.3 is 5.32 Å². The van der Waals surface area contributed by atoms with Crippen molar-refractivity contribution in [3.63, 3.8) is 0 Å². The van der Waals surface area contributed by atoms with E-state index in [-0.39, 0.29) is 0 Å². The zero-order chi connectivity index (χ0) is 13.1. The zero-order valence-corrected chi connectivity index (χ0v) is 11.6. The number of aromatic nitrogens is 1. The molecule has 0 amide bonds. The highest BCUT2D eigenvalue weighted by Gasteiger charge is 2.25. The van der Waals surface area contributed by atoms with Gasteiger partial charge in [-0.15, -0.1) is 0 Å². The third-order valence-corrected chi connectivity index (χ3v) is 4.49. The van der Waals surface area contributed by atoms with E-state index in [1.807, 2.05) is 6.20 Å². The van der Waals surface area contributed by atoms with E-state index < -0.39 is 0 Å². The fraction of sp³-hybridized carbons (Fsp3) is 0.471. The van der Waals surface area contributed by atoms with Crippen LogP contribution in [0.3, 0.4) is 0 Å². The van der Waals surface area contributed by atoms with Crippen LogP contribution in [0.2, 0.25) is 0 Å². The number of nitrogens with zero attached hydrogens (tertiary/aromatic N) is 1. The summed E-state index contributed by atoms with van der Waals surface area (Å²) in [6.45, 7) is 0. The Bertz CT molecular complexity index is 544. The Balaban J connectivity index is 2.06. The maximum absolute atomic E-state index is 4.46. The van der Waals surface area contributed by atoms with Crippen LogP contribution >= 0.6 is 0 Å². The quantitative estimate of drug-likeness (QED) is 0.823. The van der Waals surface area contributed by atoms with Gasteiger partial charge in [0.2, 0.25) is 0 Å². The van der Waals surface area contributed by atoms with E-state index >= 15 is 0 Å². The fourth-order valence-corrected chi connectivity index (χ4v) is 3.46. The second-order valence-corrected chi connectivity index (χ2v) is 5.59. The molecule has 0 radical (unpaired) electrons. The standard InChI is InChI=1S/C17H22N2/c1-18-17-10-4-2-3-9-15(17)16-12-19-11-13-7-5-6-8-14(13)16/h5-8,11-12,15,17-18H,2-4,9-10H2,1H3. The van der Waals surface area contributed by atoms with E-state index in [2.05, 4.69) is 47.8 Å². The lowest BCUT2D eigenvalue weighted by atomic mass is 9.86. The maximum atomic E-state index is 4.46. The molecule has 100 valence electrons. The van der Waals surface area contributed by atoms with Gasteiger partial charge in [-0.1, -0.05) is 43.5 Å². The first-order chi connectivity index (χ1) is 9.40. The van der Waals surface area contributed by atoms with Gasteiger partial charge in [0.05, 0.1) is 0 Å². The van der Waals surface area contributed by atoms with Gasteiger partial charge in [0, 0.05) is 29.7 Å². The van der Waals surface area contributed by atoms with Crippen LogP contribution in [-0.2, 0) is 0 Å². The molecule has 2 nitrogen and oxygen atoms in total. The Hall–Kier alpha value is -1.41. The number of fused-ring (bicyclic) bond motifs is 1. The lowest BCUT2D eigenvalue weighted by molar-refractivity contribution is 0.440. The number of rotatable bonds is 2. The predicted molar refractivity (Wildman–Crippen MR) is 80.4 cm³/mol. The van der Waals surface area contributed by atoms with Crippen LogP contribution in [0, 0.1) is 0 Å². The Morgan fingerprint density at radius 3 is 2.79 bits per heavy atom. The molecule has 2 atom stereocenters. The molecule has 3 rings (SSSR count). The van der Waals surface area contributed by atoms with Crippen molar-refractivity contribution in [2.45, 2.75) is 44.1 Å². The van der Waals surface area contributed by atoms with Crippen LogP contribution in [0.25, 0.3) is 10.8 Å². The highest BCUT2D eigenvalue weighted by Crippen LogP contribution is 2.35. The average Bonchev–Trinajstić information content (AvgIpc) is 2.71. The molecule has 0 aliphatic heterocycles. The molecule has 1 saturated carbocycles. The Kier molecular flexibility index (Phi) is 3.79. The SMILES string of the molecule is CNC1CCCCCC1c1cncc2ccccc12. The van der Waals surface area contributed by atoms with Crippen LogP contribution in [-0.4, -0.2) is 18.1 Å². The highest BCUT2D eigenvalue weighted by molar-refractivity contribution is 5.85. The van der Waals surface area contributed by atoms with E-state index in [4.69, 9.17) is 0 Å². The van der Waals surface area contributed by atoms with Crippen molar-refractivity contribution in [1.29, 1.82) is 0 Å². The molecule has 19 heavy (non-hydrogen) atoms. The minimum atomic E-state index is 0.593. The van der Waals surface area contributed by atoms with Gasteiger partial charge in [0.25, 0.3) is 0 Å². The lowest BCUT2D eigenvalue weighted by Crippen LogP contribution is -2.31. The van der Waals surface area contributed by atoms with Crippen LogP contribution in [0.4, 0.5) is 0 Å². The molecule has 1 fully saturated rings. The molecule has 0 saturated heterocycles. The average molecular weight is 254 g/mol. The summed E-state index contributed by atoms with van der Waals surface area (Å²) in [6, 6.07) is 9.23. The molecular weight excluding hydrogens is 232 g/mol. The third-order valence-electron chi connectivity index (χ3n) is 4.49. The summed E-state index contributed by atoms with van der Waals surface area (Å²) >= 11 is 0. The highest BCUT2D eigenvalue weighted by atomic mass is 14.9. The Morgan fingerprint density at radius 1 is 1.05 bits per heavy atom. The van der Waals surface area contributed by atoms with Crippen molar-refractivity contribution in [2.24, 2.45) is 0 Å². The topological polar surface area (TPSA) is 24.9 Å². The molecular formula is C17H22N2. The second-order valence-electron chi connectivity index (χ2n) is 5.59. The number of hydrogen-bond donors (Lipinski definition) is 1. The predicted octanol–water partition coefficient (Wildman–Crippen LogP) is 3.87. The van der Waals surface area contributed by atoms with E-state index in [0.717, 1.165) is 0 Å². The molecule has 1 aromatic carbocycles. The minimum absolute atomic E-state index is 0.593. The molecule has 2 heteroatoms. The van der Waals surface area contributed by atoms with Gasteiger partial charge in [-0.05, 0) is 30.8 Å². The fourth-order valence-electron chi connectivity index (χ4n) is 3.46. The smallest absolute Gasteiger partial charge is 0.0346 e. The van der Waals surface area contributed by atoms with Crippen molar-refractivity contribution in [3.05, 3.63) is 42.2 Å². The molecule has 1 N–H and O–H groups in total. The van der Waals surface area contributed by atoms with Crippen LogP contribution < -0.4 is 5.32 Å².